The van der Waals surface area contributed by atoms with Gasteiger partial charge in [-0.2, -0.15) is 15.2 Å². The third-order valence-electron chi connectivity index (χ3n) is 3.65. The van der Waals surface area contributed by atoms with Crippen molar-refractivity contribution < 1.29 is 0 Å². The predicted octanol–water partition coefficient (Wildman–Crippen LogP) is 0.431. The second-order valence-corrected chi connectivity index (χ2v) is 4.91. The van der Waals surface area contributed by atoms with Gasteiger partial charge in [0.2, 0.25) is 5.95 Å². The van der Waals surface area contributed by atoms with Crippen LogP contribution in [-0.2, 0) is 13.6 Å². The number of rotatable bonds is 4. The molecule has 1 aliphatic heterocycles. The average Bonchev–Trinajstić information content (AvgIpc) is 3.09. The summed E-state index contributed by atoms with van der Waals surface area (Å²) in [6.07, 6.45) is 6.08. The summed E-state index contributed by atoms with van der Waals surface area (Å²) < 4.78 is 3.59. The molecule has 0 radical (unpaired) electrons. The van der Waals surface area contributed by atoms with Gasteiger partial charge in [0, 0.05) is 26.0 Å². The predicted molar refractivity (Wildman–Crippen MR) is 71.2 cm³/mol. The van der Waals surface area contributed by atoms with E-state index in [0.717, 1.165) is 31.9 Å². The fourth-order valence-electron chi connectivity index (χ4n) is 2.61. The summed E-state index contributed by atoms with van der Waals surface area (Å²) in [4.78, 5) is 6.77. The Labute approximate surface area is 112 Å². The first kappa shape index (κ1) is 12.2. The number of hydrogen-bond acceptors (Lipinski definition) is 5. The molecule has 102 valence electrons. The number of aryl methyl sites for hydroxylation is 1. The quantitative estimate of drug-likeness (QED) is 0.863. The first-order chi connectivity index (χ1) is 9.24. The van der Waals surface area contributed by atoms with Gasteiger partial charge in [-0.3, -0.25) is 9.58 Å². The van der Waals surface area contributed by atoms with Crippen LogP contribution in [0.5, 0.6) is 0 Å². The Morgan fingerprint density at radius 1 is 1.42 bits per heavy atom. The van der Waals surface area contributed by atoms with Crippen LogP contribution in [0.2, 0.25) is 0 Å². The first-order valence-electron chi connectivity index (χ1n) is 6.62. The SMILES string of the molecule is Cn1nc(C2CCCN2CCn2cccn2)nc1N. The topological polar surface area (TPSA) is 77.8 Å². The molecule has 0 aromatic carbocycles. The molecule has 19 heavy (non-hydrogen) atoms. The highest BCUT2D eigenvalue weighted by Gasteiger charge is 2.29. The Bertz CT molecular complexity index is 511. The van der Waals surface area contributed by atoms with E-state index >= 15 is 0 Å². The van der Waals surface area contributed by atoms with Crippen molar-refractivity contribution >= 4 is 5.95 Å². The zero-order chi connectivity index (χ0) is 13.2. The van der Waals surface area contributed by atoms with Crippen LogP contribution >= 0.6 is 0 Å². The van der Waals surface area contributed by atoms with E-state index in [9.17, 15) is 0 Å². The van der Waals surface area contributed by atoms with Crippen LogP contribution < -0.4 is 5.73 Å². The van der Waals surface area contributed by atoms with Gasteiger partial charge >= 0.3 is 0 Å². The molecular weight excluding hydrogens is 242 g/mol. The van der Waals surface area contributed by atoms with E-state index in [-0.39, 0.29) is 0 Å². The van der Waals surface area contributed by atoms with Crippen molar-refractivity contribution in [2.45, 2.75) is 25.4 Å². The maximum absolute atomic E-state index is 5.76. The first-order valence-corrected chi connectivity index (χ1v) is 6.62. The van der Waals surface area contributed by atoms with E-state index in [4.69, 9.17) is 5.73 Å². The van der Waals surface area contributed by atoms with Crippen molar-refractivity contribution in [3.8, 4) is 0 Å². The van der Waals surface area contributed by atoms with Crippen LogP contribution in [0.4, 0.5) is 5.95 Å². The summed E-state index contributed by atoms with van der Waals surface area (Å²) >= 11 is 0. The molecule has 2 N–H and O–H groups in total. The molecule has 7 heteroatoms. The second kappa shape index (κ2) is 5.00. The van der Waals surface area contributed by atoms with Crippen molar-refractivity contribution in [3.63, 3.8) is 0 Å². The van der Waals surface area contributed by atoms with Crippen LogP contribution in [0, 0.1) is 0 Å². The van der Waals surface area contributed by atoms with Crippen molar-refractivity contribution in [1.29, 1.82) is 0 Å². The lowest BCUT2D eigenvalue weighted by Crippen LogP contribution is -2.28. The Kier molecular flexibility index (Phi) is 3.20. The summed E-state index contributed by atoms with van der Waals surface area (Å²) in [5.41, 5.74) is 5.76. The number of aromatic nitrogens is 5. The number of anilines is 1. The molecule has 3 heterocycles. The lowest BCUT2D eigenvalue weighted by Gasteiger charge is -2.21. The van der Waals surface area contributed by atoms with E-state index in [1.807, 2.05) is 30.2 Å². The molecule has 0 aliphatic carbocycles. The van der Waals surface area contributed by atoms with Crippen molar-refractivity contribution in [2.24, 2.45) is 7.05 Å². The molecule has 0 saturated carbocycles. The number of nitrogens with two attached hydrogens (primary N) is 1. The normalized spacial score (nSPS) is 20.2. The minimum atomic E-state index is 0.291. The number of nitrogens with zero attached hydrogens (tertiary/aromatic N) is 6. The van der Waals surface area contributed by atoms with Gasteiger partial charge in [-0.1, -0.05) is 0 Å². The maximum atomic E-state index is 5.76. The minimum Gasteiger partial charge on any atom is -0.368 e. The molecule has 2 aromatic heterocycles. The van der Waals surface area contributed by atoms with Gasteiger partial charge in [0.05, 0.1) is 12.6 Å². The highest BCUT2D eigenvalue weighted by Crippen LogP contribution is 2.29. The van der Waals surface area contributed by atoms with Crippen LogP contribution in [0.1, 0.15) is 24.7 Å². The van der Waals surface area contributed by atoms with Crippen LogP contribution in [0.3, 0.4) is 0 Å². The number of likely N-dealkylation sites (tertiary alicyclic amines) is 1. The molecule has 7 nitrogen and oxygen atoms in total. The maximum Gasteiger partial charge on any atom is 0.218 e. The van der Waals surface area contributed by atoms with Gasteiger partial charge in [0.1, 0.15) is 0 Å². The molecule has 1 saturated heterocycles. The van der Waals surface area contributed by atoms with Gasteiger partial charge in [0.15, 0.2) is 5.82 Å². The Morgan fingerprint density at radius 2 is 2.32 bits per heavy atom. The average molecular weight is 261 g/mol. The summed E-state index contributed by atoms with van der Waals surface area (Å²) in [7, 11) is 1.83. The van der Waals surface area contributed by atoms with Crippen LogP contribution in [0.15, 0.2) is 18.5 Å². The Morgan fingerprint density at radius 3 is 3.00 bits per heavy atom. The summed E-state index contributed by atoms with van der Waals surface area (Å²) in [6, 6.07) is 2.24. The van der Waals surface area contributed by atoms with E-state index in [2.05, 4.69) is 20.1 Å². The Hall–Kier alpha value is -1.89. The van der Waals surface area contributed by atoms with E-state index in [1.54, 1.807) is 4.68 Å². The van der Waals surface area contributed by atoms with Crippen molar-refractivity contribution in [1.82, 2.24) is 29.4 Å². The molecular formula is C12H19N7. The molecule has 1 unspecified atom stereocenters. The molecule has 0 bridgehead atoms. The summed E-state index contributed by atoms with van der Waals surface area (Å²) in [5, 5.41) is 8.63. The molecule has 1 atom stereocenters. The van der Waals surface area contributed by atoms with Gasteiger partial charge in [0.25, 0.3) is 0 Å². The van der Waals surface area contributed by atoms with Crippen LogP contribution in [-0.4, -0.2) is 42.5 Å². The third kappa shape index (κ3) is 2.46. The van der Waals surface area contributed by atoms with E-state index < -0.39 is 0 Å². The van der Waals surface area contributed by atoms with Gasteiger partial charge < -0.3 is 5.73 Å². The fourth-order valence-corrected chi connectivity index (χ4v) is 2.61. The molecule has 0 amide bonds. The van der Waals surface area contributed by atoms with Crippen LogP contribution in [0.25, 0.3) is 0 Å². The highest BCUT2D eigenvalue weighted by molar-refractivity contribution is 5.17. The molecule has 1 aliphatic rings. The monoisotopic (exact) mass is 261 g/mol. The number of hydrogen-bond donors (Lipinski definition) is 1. The third-order valence-corrected chi connectivity index (χ3v) is 3.65. The Balaban J connectivity index is 1.67. The van der Waals surface area contributed by atoms with E-state index in [1.165, 1.54) is 6.42 Å². The summed E-state index contributed by atoms with van der Waals surface area (Å²) in [6.45, 7) is 2.94. The zero-order valence-electron chi connectivity index (χ0n) is 11.1. The lowest BCUT2D eigenvalue weighted by molar-refractivity contribution is 0.235. The molecule has 0 spiro atoms. The minimum absolute atomic E-state index is 0.291. The standard InChI is InChI=1S/C12H19N7/c1-17-12(13)15-11(16-17)10-4-2-6-18(10)8-9-19-7-3-5-14-19/h3,5,7,10H,2,4,6,8-9H2,1H3,(H2,13,15,16). The molecule has 1 fully saturated rings. The molecule has 3 rings (SSSR count). The van der Waals surface area contributed by atoms with Gasteiger partial charge in [-0.05, 0) is 25.5 Å². The largest absolute Gasteiger partial charge is 0.368 e. The highest BCUT2D eigenvalue weighted by atomic mass is 15.4. The zero-order valence-corrected chi connectivity index (χ0v) is 11.1. The number of nitrogen functional groups attached to an aromatic ring is 1. The smallest absolute Gasteiger partial charge is 0.218 e. The van der Waals surface area contributed by atoms with Gasteiger partial charge in [-0.15, -0.1) is 0 Å². The van der Waals surface area contributed by atoms with Crippen molar-refractivity contribution in [2.75, 3.05) is 18.8 Å². The second-order valence-electron chi connectivity index (χ2n) is 4.91. The summed E-state index contributed by atoms with van der Waals surface area (Å²) in [5.74, 6) is 1.33. The molecule has 2 aromatic rings. The van der Waals surface area contributed by atoms with E-state index in [0.29, 0.717) is 12.0 Å². The van der Waals surface area contributed by atoms with Crippen molar-refractivity contribution in [3.05, 3.63) is 24.3 Å². The lowest BCUT2D eigenvalue weighted by atomic mass is 10.2. The van der Waals surface area contributed by atoms with Gasteiger partial charge in [-0.25, -0.2) is 4.68 Å². The fraction of sp³-hybridized carbons (Fsp3) is 0.583.